The molecule has 0 saturated heterocycles. The van der Waals surface area contributed by atoms with Gasteiger partial charge < -0.3 is 28.5 Å². The zero-order valence-corrected chi connectivity index (χ0v) is 27.6. The Kier molecular flexibility index (Phi) is 8.48. The minimum atomic E-state index is -1.23. The molecule has 1 aliphatic heterocycles. The van der Waals surface area contributed by atoms with Crippen LogP contribution in [0, 0.1) is 23.2 Å². The number of rotatable bonds is 7. The molecular weight excluding hydrogens is 610 g/mol. The molecule has 9 unspecified atom stereocenters. The number of hydrogen-bond acceptors (Lipinski definition) is 9. The molecule has 9 nitrogen and oxygen atoms in total. The van der Waals surface area contributed by atoms with Crippen molar-refractivity contribution in [2.75, 3.05) is 7.11 Å². The maximum absolute atomic E-state index is 13.6. The van der Waals surface area contributed by atoms with E-state index in [-0.39, 0.29) is 35.0 Å². The number of methoxy groups -OCH3 is 1. The van der Waals surface area contributed by atoms with Crippen molar-refractivity contribution in [1.29, 1.82) is 0 Å². The quantitative estimate of drug-likeness (QED) is 0.168. The van der Waals surface area contributed by atoms with Crippen molar-refractivity contribution in [1.82, 2.24) is 4.98 Å². The molecule has 2 aromatic heterocycles. The molecule has 0 radical (unpaired) electrons. The number of aromatic nitrogens is 1. The molecule has 1 N–H and O–H groups in total. The lowest BCUT2D eigenvalue weighted by Crippen LogP contribution is -2.69. The van der Waals surface area contributed by atoms with Crippen LogP contribution in [0.2, 0.25) is 0 Å². The number of fused-ring (bicyclic) bond motifs is 4. The van der Waals surface area contributed by atoms with Gasteiger partial charge in [0.2, 0.25) is 0 Å². The number of aliphatic hydroxyl groups excluding tert-OH is 1. The molecule has 3 heterocycles. The summed E-state index contributed by atoms with van der Waals surface area (Å²) in [5.74, 6) is -0.654. The van der Waals surface area contributed by atoms with Gasteiger partial charge in [0.1, 0.15) is 28.8 Å². The van der Waals surface area contributed by atoms with Gasteiger partial charge in [-0.25, -0.2) is 9.59 Å². The number of hydrogen-bond donors (Lipinski definition) is 1. The molecule has 9 heteroatoms. The van der Waals surface area contributed by atoms with E-state index >= 15 is 0 Å². The molecule has 2 saturated carbocycles. The second-order valence-electron chi connectivity index (χ2n) is 13.8. The van der Waals surface area contributed by atoms with E-state index in [1.54, 1.807) is 62.0 Å². The number of carbonyl (C=O) groups is 1. The van der Waals surface area contributed by atoms with Crippen LogP contribution in [0.4, 0.5) is 0 Å². The molecule has 9 atom stereocenters. The molecular formula is C39H41NO8. The van der Waals surface area contributed by atoms with Gasteiger partial charge in [-0.15, -0.1) is 0 Å². The molecule has 0 bridgehead atoms. The van der Waals surface area contributed by atoms with Crippen LogP contribution in [0.3, 0.4) is 0 Å². The van der Waals surface area contributed by atoms with Gasteiger partial charge in [0.05, 0.1) is 17.8 Å². The summed E-state index contributed by atoms with van der Waals surface area (Å²) in [5.41, 5.74) is -0.320. The van der Waals surface area contributed by atoms with Crippen LogP contribution in [-0.4, -0.2) is 41.0 Å². The van der Waals surface area contributed by atoms with Gasteiger partial charge in [0, 0.05) is 42.6 Å². The average Bonchev–Trinajstić information content (AvgIpc) is 3.09. The van der Waals surface area contributed by atoms with Crippen molar-refractivity contribution in [3.63, 3.8) is 0 Å². The van der Waals surface area contributed by atoms with Crippen LogP contribution >= 0.6 is 0 Å². The van der Waals surface area contributed by atoms with Gasteiger partial charge in [-0.05, 0) is 67.7 Å². The largest absolute Gasteiger partial charge is 0.482 e. The van der Waals surface area contributed by atoms with Gasteiger partial charge in [0.15, 0.2) is 6.29 Å². The molecule has 2 aliphatic carbocycles. The third kappa shape index (κ3) is 5.44. The van der Waals surface area contributed by atoms with Crippen LogP contribution < -0.4 is 10.4 Å². The Hall–Kier alpha value is -4.31. The second-order valence-corrected chi connectivity index (χ2v) is 13.8. The predicted octanol–water partition coefficient (Wildman–Crippen LogP) is 6.91. The minimum Gasteiger partial charge on any atom is -0.482 e. The zero-order valence-electron chi connectivity index (χ0n) is 27.6. The number of pyridine rings is 1. The molecule has 0 spiro atoms. The van der Waals surface area contributed by atoms with Crippen LogP contribution in [0.5, 0.6) is 5.75 Å². The molecule has 250 valence electrons. The highest BCUT2D eigenvalue weighted by Crippen LogP contribution is 2.65. The van der Waals surface area contributed by atoms with Gasteiger partial charge in [-0.1, -0.05) is 62.4 Å². The Labute approximate surface area is 279 Å². The lowest BCUT2D eigenvalue weighted by atomic mass is 9.46. The summed E-state index contributed by atoms with van der Waals surface area (Å²) in [5, 5.41) is 12.3. The van der Waals surface area contributed by atoms with E-state index in [0.717, 1.165) is 5.56 Å². The monoisotopic (exact) mass is 651 g/mol. The first-order chi connectivity index (χ1) is 23.1. The fraction of sp³-hybridized carbons (Fsp3) is 0.410. The van der Waals surface area contributed by atoms with Crippen molar-refractivity contribution in [2.45, 2.75) is 70.2 Å². The highest BCUT2D eigenvalue weighted by Gasteiger charge is 2.68. The lowest BCUT2D eigenvalue weighted by molar-refractivity contribution is -0.258. The Morgan fingerprint density at radius 3 is 2.46 bits per heavy atom. The molecule has 48 heavy (non-hydrogen) atoms. The normalized spacial score (nSPS) is 31.4. The summed E-state index contributed by atoms with van der Waals surface area (Å²) in [4.78, 5) is 31.4. The number of benzene rings is 2. The van der Waals surface area contributed by atoms with Crippen LogP contribution in [0.1, 0.15) is 73.9 Å². The van der Waals surface area contributed by atoms with E-state index in [1.807, 2.05) is 43.3 Å². The molecule has 4 aromatic rings. The second kappa shape index (κ2) is 12.6. The summed E-state index contributed by atoms with van der Waals surface area (Å²) >= 11 is 0. The number of nitrogens with zero attached hydrogens (tertiary/aromatic N) is 1. The number of esters is 1. The van der Waals surface area contributed by atoms with E-state index in [2.05, 4.69) is 18.8 Å². The fourth-order valence-corrected chi connectivity index (χ4v) is 8.81. The number of ether oxygens (including phenoxy) is 4. The van der Waals surface area contributed by atoms with E-state index < -0.39 is 47.0 Å². The summed E-state index contributed by atoms with van der Waals surface area (Å²) in [6, 6.07) is 23.9. The van der Waals surface area contributed by atoms with E-state index in [0.29, 0.717) is 30.4 Å². The molecule has 2 aromatic carbocycles. The fourth-order valence-electron chi connectivity index (χ4n) is 8.81. The topological polar surface area (TPSA) is 117 Å². The Bertz CT molecular complexity index is 1810. The van der Waals surface area contributed by atoms with Crippen molar-refractivity contribution in [2.24, 2.45) is 23.2 Å². The maximum atomic E-state index is 13.6. The first-order valence-electron chi connectivity index (χ1n) is 16.6. The standard InChI is InChI=1S/C39H41NO8/c1-23-27-20-31(47-35(42)24-12-7-5-8-13-24)39(3)34(38(27,2)18-17-28(23)46-37(44-4)25-14-9-6-10-15-25)33(41)32-30(48-39)21-29(45-36(32)43)26-16-11-19-40-22-26/h5-16,19,21-23,27-28,31,33-34,37,41H,17-18,20H2,1-4H3. The number of carbonyl (C=O) groups excluding carboxylic acids is 1. The van der Waals surface area contributed by atoms with Crippen molar-refractivity contribution >= 4 is 5.97 Å². The summed E-state index contributed by atoms with van der Waals surface area (Å²) < 4.78 is 31.4. The van der Waals surface area contributed by atoms with Crippen molar-refractivity contribution < 1.29 is 33.3 Å². The van der Waals surface area contributed by atoms with E-state index in [1.165, 1.54) is 0 Å². The minimum absolute atomic E-state index is 0.00875. The first kappa shape index (κ1) is 32.2. The zero-order chi connectivity index (χ0) is 33.6. The first-order valence-corrected chi connectivity index (χ1v) is 16.6. The highest BCUT2D eigenvalue weighted by atomic mass is 16.7. The average molecular weight is 652 g/mol. The highest BCUT2D eigenvalue weighted by molar-refractivity contribution is 5.89. The third-order valence-electron chi connectivity index (χ3n) is 11.2. The van der Waals surface area contributed by atoms with Crippen molar-refractivity contribution in [3.8, 4) is 17.1 Å². The predicted molar refractivity (Wildman–Crippen MR) is 177 cm³/mol. The molecule has 2 fully saturated rings. The Balaban J connectivity index is 1.28. The SMILES string of the molecule is COC(OC1CCC2(C)C(CC(OC(=O)c3ccccc3)C3(C)Oc4cc(-c5cccnc5)oc(=O)c4C(O)C23)C1C)c1ccccc1. The molecule has 3 aliphatic rings. The number of aliphatic hydroxyl groups is 1. The lowest BCUT2D eigenvalue weighted by Gasteiger charge is -2.64. The molecule has 7 rings (SSSR count). The van der Waals surface area contributed by atoms with Crippen molar-refractivity contribution in [3.05, 3.63) is 118 Å². The maximum Gasteiger partial charge on any atom is 0.345 e. The van der Waals surface area contributed by atoms with Gasteiger partial charge >= 0.3 is 11.6 Å². The van der Waals surface area contributed by atoms with Crippen LogP contribution in [0.15, 0.2) is 100 Å². The Morgan fingerprint density at radius 2 is 1.77 bits per heavy atom. The van der Waals surface area contributed by atoms with Crippen LogP contribution in [-0.2, 0) is 14.2 Å². The summed E-state index contributed by atoms with van der Waals surface area (Å²) in [6.07, 6.45) is 2.41. The summed E-state index contributed by atoms with van der Waals surface area (Å²) in [7, 11) is 1.64. The van der Waals surface area contributed by atoms with Gasteiger partial charge in [0.25, 0.3) is 0 Å². The Morgan fingerprint density at radius 1 is 1.04 bits per heavy atom. The smallest absolute Gasteiger partial charge is 0.345 e. The van der Waals surface area contributed by atoms with Gasteiger partial charge in [-0.2, -0.15) is 0 Å². The van der Waals surface area contributed by atoms with Gasteiger partial charge in [-0.3, -0.25) is 4.98 Å². The third-order valence-corrected chi connectivity index (χ3v) is 11.2. The molecule has 0 amide bonds. The van der Waals surface area contributed by atoms with E-state index in [4.69, 9.17) is 23.4 Å². The van der Waals surface area contributed by atoms with E-state index in [9.17, 15) is 14.7 Å². The van der Waals surface area contributed by atoms with Crippen LogP contribution in [0.25, 0.3) is 11.3 Å². The summed E-state index contributed by atoms with van der Waals surface area (Å²) in [6.45, 7) is 6.22.